The van der Waals surface area contributed by atoms with Gasteiger partial charge in [-0.2, -0.15) is 0 Å². The van der Waals surface area contributed by atoms with E-state index in [9.17, 15) is 13.6 Å². The standard InChI is InChI=1S/C14H26F2O2S/c1-4-6-7-9-12(13(17)18-5-2)19-11-8-10-14(3,15)16/h12H,4-11H2,1-3H3. The molecule has 0 saturated heterocycles. The van der Waals surface area contributed by atoms with Crippen LogP contribution in [0.3, 0.4) is 0 Å². The molecule has 114 valence electrons. The van der Waals surface area contributed by atoms with E-state index in [0.29, 0.717) is 18.8 Å². The highest BCUT2D eigenvalue weighted by molar-refractivity contribution is 8.00. The number of esters is 1. The first-order valence-corrected chi connectivity index (χ1v) is 8.11. The fourth-order valence-corrected chi connectivity index (χ4v) is 2.83. The minimum atomic E-state index is -2.61. The normalized spacial score (nSPS) is 13.3. The van der Waals surface area contributed by atoms with Gasteiger partial charge in [0.25, 0.3) is 0 Å². The number of carbonyl (C=O) groups is 1. The van der Waals surface area contributed by atoms with Crippen molar-refractivity contribution in [2.45, 2.75) is 70.5 Å². The van der Waals surface area contributed by atoms with Crippen molar-refractivity contribution in [2.75, 3.05) is 12.4 Å². The third-order valence-electron chi connectivity index (χ3n) is 2.70. The molecule has 0 rings (SSSR count). The van der Waals surface area contributed by atoms with Crippen molar-refractivity contribution in [3.05, 3.63) is 0 Å². The fourth-order valence-electron chi connectivity index (χ4n) is 1.69. The van der Waals surface area contributed by atoms with Crippen LogP contribution in [0, 0.1) is 0 Å². The molecule has 0 heterocycles. The van der Waals surface area contributed by atoms with Crippen LogP contribution in [0.2, 0.25) is 0 Å². The monoisotopic (exact) mass is 296 g/mol. The molecule has 0 radical (unpaired) electrons. The van der Waals surface area contributed by atoms with Gasteiger partial charge in [-0.1, -0.05) is 26.2 Å². The predicted octanol–water partition coefficient (Wildman–Crippen LogP) is 4.67. The van der Waals surface area contributed by atoms with Crippen molar-refractivity contribution in [2.24, 2.45) is 0 Å². The predicted molar refractivity (Wildman–Crippen MR) is 76.9 cm³/mol. The molecule has 0 aliphatic rings. The number of halogens is 2. The van der Waals surface area contributed by atoms with E-state index in [0.717, 1.165) is 32.6 Å². The third kappa shape index (κ3) is 11.2. The largest absolute Gasteiger partial charge is 0.465 e. The van der Waals surface area contributed by atoms with Crippen molar-refractivity contribution in [1.29, 1.82) is 0 Å². The van der Waals surface area contributed by atoms with Gasteiger partial charge in [0.1, 0.15) is 5.25 Å². The van der Waals surface area contributed by atoms with Crippen LogP contribution in [-0.4, -0.2) is 29.5 Å². The zero-order valence-electron chi connectivity index (χ0n) is 12.2. The Morgan fingerprint density at radius 2 is 1.95 bits per heavy atom. The van der Waals surface area contributed by atoms with E-state index in [-0.39, 0.29) is 17.6 Å². The van der Waals surface area contributed by atoms with Gasteiger partial charge in [-0.25, -0.2) is 8.78 Å². The van der Waals surface area contributed by atoms with E-state index >= 15 is 0 Å². The van der Waals surface area contributed by atoms with E-state index < -0.39 is 5.92 Å². The Kier molecular flexibility index (Phi) is 10.3. The highest BCUT2D eigenvalue weighted by Gasteiger charge is 2.22. The number of thioether (sulfide) groups is 1. The Morgan fingerprint density at radius 3 is 2.47 bits per heavy atom. The zero-order chi connectivity index (χ0) is 14.7. The van der Waals surface area contributed by atoms with Gasteiger partial charge in [0, 0.05) is 6.42 Å². The van der Waals surface area contributed by atoms with Gasteiger partial charge in [-0.05, 0) is 32.4 Å². The van der Waals surface area contributed by atoms with Crippen LogP contribution in [0.4, 0.5) is 8.78 Å². The topological polar surface area (TPSA) is 26.3 Å². The molecular weight excluding hydrogens is 270 g/mol. The Labute approximate surface area is 119 Å². The summed E-state index contributed by atoms with van der Waals surface area (Å²) in [4.78, 5) is 11.7. The molecular formula is C14H26F2O2S. The first-order chi connectivity index (χ1) is 8.90. The molecule has 0 N–H and O–H groups in total. The lowest BCUT2D eigenvalue weighted by Crippen LogP contribution is -2.21. The number of alkyl halides is 2. The van der Waals surface area contributed by atoms with Crippen LogP contribution in [0.1, 0.15) is 59.3 Å². The molecule has 0 aliphatic carbocycles. The molecule has 0 aromatic carbocycles. The summed E-state index contributed by atoms with van der Waals surface area (Å²) < 4.78 is 30.4. The zero-order valence-corrected chi connectivity index (χ0v) is 13.0. The summed E-state index contributed by atoms with van der Waals surface area (Å²) in [6.07, 6.45) is 4.25. The van der Waals surface area contributed by atoms with Gasteiger partial charge in [0.05, 0.1) is 6.61 Å². The Bertz CT molecular complexity index is 242. The van der Waals surface area contributed by atoms with Crippen LogP contribution in [-0.2, 0) is 9.53 Å². The van der Waals surface area contributed by atoms with E-state index in [1.165, 1.54) is 11.8 Å². The molecule has 0 aliphatic heterocycles. The lowest BCUT2D eigenvalue weighted by atomic mass is 10.1. The van der Waals surface area contributed by atoms with Gasteiger partial charge in [-0.3, -0.25) is 4.79 Å². The maximum Gasteiger partial charge on any atom is 0.319 e. The lowest BCUT2D eigenvalue weighted by Gasteiger charge is -2.16. The second-order valence-corrected chi connectivity index (χ2v) is 6.09. The van der Waals surface area contributed by atoms with Gasteiger partial charge < -0.3 is 4.74 Å². The minimum Gasteiger partial charge on any atom is -0.465 e. The van der Waals surface area contributed by atoms with Crippen molar-refractivity contribution >= 4 is 17.7 Å². The highest BCUT2D eigenvalue weighted by atomic mass is 32.2. The van der Waals surface area contributed by atoms with Crippen LogP contribution in [0.25, 0.3) is 0 Å². The molecule has 0 saturated carbocycles. The average Bonchev–Trinajstić information content (AvgIpc) is 2.31. The summed E-state index contributed by atoms with van der Waals surface area (Å²) in [5, 5.41) is -0.197. The molecule has 2 nitrogen and oxygen atoms in total. The molecule has 0 bridgehead atoms. The SMILES string of the molecule is CCCCCC(SCCCC(C)(F)F)C(=O)OCC. The second-order valence-electron chi connectivity index (χ2n) is 4.78. The van der Waals surface area contributed by atoms with Gasteiger partial charge in [0.2, 0.25) is 5.92 Å². The van der Waals surface area contributed by atoms with E-state index in [4.69, 9.17) is 4.74 Å². The van der Waals surface area contributed by atoms with Crippen molar-refractivity contribution < 1.29 is 18.3 Å². The minimum absolute atomic E-state index is 0.121. The molecule has 1 unspecified atom stereocenters. The van der Waals surface area contributed by atoms with Gasteiger partial charge in [0.15, 0.2) is 0 Å². The molecule has 0 aromatic heterocycles. The smallest absolute Gasteiger partial charge is 0.319 e. The van der Waals surface area contributed by atoms with E-state index in [1.807, 2.05) is 0 Å². The molecule has 0 fully saturated rings. The van der Waals surface area contributed by atoms with Crippen LogP contribution >= 0.6 is 11.8 Å². The number of carbonyl (C=O) groups excluding carboxylic acids is 1. The summed E-state index contributed by atoms with van der Waals surface area (Å²) in [5.74, 6) is -2.23. The maximum atomic E-state index is 12.7. The van der Waals surface area contributed by atoms with Crippen molar-refractivity contribution in [1.82, 2.24) is 0 Å². The second kappa shape index (κ2) is 10.5. The fraction of sp³-hybridized carbons (Fsp3) is 0.929. The number of hydrogen-bond donors (Lipinski definition) is 0. The molecule has 0 spiro atoms. The number of rotatable bonds is 11. The van der Waals surface area contributed by atoms with E-state index in [1.54, 1.807) is 6.92 Å². The highest BCUT2D eigenvalue weighted by Crippen LogP contribution is 2.24. The van der Waals surface area contributed by atoms with Gasteiger partial charge >= 0.3 is 5.97 Å². The quantitative estimate of drug-likeness (QED) is 0.409. The molecule has 19 heavy (non-hydrogen) atoms. The van der Waals surface area contributed by atoms with Crippen molar-refractivity contribution in [3.63, 3.8) is 0 Å². The first-order valence-electron chi connectivity index (χ1n) is 7.06. The molecule has 0 amide bonds. The first kappa shape index (κ1) is 18.7. The Hall–Kier alpha value is -0.320. The lowest BCUT2D eigenvalue weighted by molar-refractivity contribution is -0.142. The Morgan fingerprint density at radius 1 is 1.26 bits per heavy atom. The number of hydrogen-bond acceptors (Lipinski definition) is 3. The number of unbranched alkanes of at least 4 members (excludes halogenated alkanes) is 2. The number of ether oxygens (including phenoxy) is 1. The van der Waals surface area contributed by atoms with Crippen LogP contribution < -0.4 is 0 Å². The van der Waals surface area contributed by atoms with Gasteiger partial charge in [-0.15, -0.1) is 11.8 Å². The summed E-state index contributed by atoms with van der Waals surface area (Å²) in [5.41, 5.74) is 0. The molecule has 0 aromatic rings. The molecule has 5 heteroatoms. The van der Waals surface area contributed by atoms with Crippen LogP contribution in [0.15, 0.2) is 0 Å². The Balaban J connectivity index is 4.00. The summed E-state index contributed by atoms with van der Waals surface area (Å²) in [7, 11) is 0. The summed E-state index contributed by atoms with van der Waals surface area (Å²) >= 11 is 1.45. The molecule has 1 atom stereocenters. The summed E-state index contributed by atoms with van der Waals surface area (Å²) in [6.45, 7) is 5.19. The van der Waals surface area contributed by atoms with E-state index in [2.05, 4.69) is 6.92 Å². The average molecular weight is 296 g/mol. The van der Waals surface area contributed by atoms with Crippen molar-refractivity contribution in [3.8, 4) is 0 Å². The summed E-state index contributed by atoms with van der Waals surface area (Å²) in [6, 6.07) is 0. The third-order valence-corrected chi connectivity index (χ3v) is 4.05. The maximum absolute atomic E-state index is 12.7. The van der Waals surface area contributed by atoms with Crippen LogP contribution in [0.5, 0.6) is 0 Å².